The number of hydrogen-bond donors (Lipinski definition) is 2. The van der Waals surface area contributed by atoms with E-state index in [4.69, 9.17) is 9.47 Å². The minimum absolute atomic E-state index is 0.100. The molecular weight excluding hydrogens is 322 g/mol. The lowest BCUT2D eigenvalue weighted by Crippen LogP contribution is -2.67. The molecule has 7 heteroatoms. The predicted molar refractivity (Wildman–Crippen MR) is 93.9 cm³/mol. The summed E-state index contributed by atoms with van der Waals surface area (Å²) in [6.45, 7) is 8.16. The molecule has 0 spiro atoms. The number of morpholine rings is 1. The number of H-pyrrole nitrogens is 1. The lowest BCUT2D eigenvalue weighted by atomic mass is 9.72. The lowest BCUT2D eigenvalue weighted by molar-refractivity contribution is -0.124. The number of amides is 1. The van der Waals surface area contributed by atoms with Crippen molar-refractivity contribution < 1.29 is 14.3 Å². The van der Waals surface area contributed by atoms with Gasteiger partial charge in [0.2, 0.25) is 0 Å². The second kappa shape index (κ2) is 7.68. The van der Waals surface area contributed by atoms with Crippen LogP contribution >= 0.6 is 0 Å². The van der Waals surface area contributed by atoms with Crippen molar-refractivity contribution in [3.8, 4) is 0 Å². The predicted octanol–water partition coefficient (Wildman–Crippen LogP) is 0.683. The number of aryl methyl sites for hydroxylation is 1. The van der Waals surface area contributed by atoms with Crippen LogP contribution < -0.4 is 10.9 Å². The normalized spacial score (nSPS) is 26.9. The Kier molecular flexibility index (Phi) is 5.56. The highest BCUT2D eigenvalue weighted by Gasteiger charge is 2.49. The summed E-state index contributed by atoms with van der Waals surface area (Å²) < 4.78 is 11.2. The van der Waals surface area contributed by atoms with Gasteiger partial charge >= 0.3 is 0 Å². The number of pyridine rings is 1. The van der Waals surface area contributed by atoms with Crippen molar-refractivity contribution in [1.82, 2.24) is 15.2 Å². The number of rotatable bonds is 6. The SMILES string of the molecule is CCOC1CC(CNC(=O)c2ccc(C)[nH]c2=O)(N2CCOCC2)C1. The number of carbonyl (C=O) groups is 1. The Morgan fingerprint density at radius 3 is 2.76 bits per heavy atom. The van der Waals surface area contributed by atoms with Crippen molar-refractivity contribution in [1.29, 1.82) is 0 Å². The molecule has 2 heterocycles. The van der Waals surface area contributed by atoms with Crippen molar-refractivity contribution in [2.45, 2.75) is 38.3 Å². The Morgan fingerprint density at radius 2 is 2.12 bits per heavy atom. The molecule has 0 radical (unpaired) electrons. The Morgan fingerprint density at radius 1 is 1.40 bits per heavy atom. The first-order valence-corrected chi connectivity index (χ1v) is 8.96. The molecule has 2 fully saturated rings. The maximum atomic E-state index is 12.4. The number of hydrogen-bond acceptors (Lipinski definition) is 5. The summed E-state index contributed by atoms with van der Waals surface area (Å²) in [5.41, 5.74) is 0.448. The van der Waals surface area contributed by atoms with Crippen molar-refractivity contribution >= 4 is 5.91 Å². The zero-order chi connectivity index (χ0) is 17.9. The molecule has 0 unspecified atom stereocenters. The van der Waals surface area contributed by atoms with E-state index in [0.29, 0.717) is 26.4 Å². The molecule has 0 bridgehead atoms. The average molecular weight is 349 g/mol. The minimum atomic E-state index is -0.348. The third-order valence-corrected chi connectivity index (χ3v) is 5.18. The van der Waals surface area contributed by atoms with Gasteiger partial charge < -0.3 is 19.8 Å². The Balaban J connectivity index is 1.66. The number of ether oxygens (including phenoxy) is 2. The van der Waals surface area contributed by atoms with Crippen LogP contribution in [0.5, 0.6) is 0 Å². The summed E-state index contributed by atoms with van der Waals surface area (Å²) in [5, 5.41) is 2.97. The maximum absolute atomic E-state index is 12.4. The van der Waals surface area contributed by atoms with Crippen LogP contribution in [0.25, 0.3) is 0 Å². The molecule has 0 atom stereocenters. The molecule has 1 aromatic heterocycles. The summed E-state index contributed by atoms with van der Waals surface area (Å²) in [6.07, 6.45) is 2.03. The summed E-state index contributed by atoms with van der Waals surface area (Å²) in [4.78, 5) is 29.5. The standard InChI is InChI=1S/C18H27N3O4/c1-3-25-14-10-18(11-14,21-6-8-24-9-7-21)12-19-16(22)15-5-4-13(2)20-17(15)23/h4-5,14H,3,6-12H2,1-2H3,(H,19,22)(H,20,23). The molecule has 25 heavy (non-hydrogen) atoms. The fourth-order valence-electron chi connectivity index (χ4n) is 3.78. The first kappa shape index (κ1) is 18.1. The molecule has 2 N–H and O–H groups in total. The van der Waals surface area contributed by atoms with Crippen molar-refractivity contribution in [3.05, 3.63) is 33.7 Å². The van der Waals surface area contributed by atoms with E-state index in [2.05, 4.69) is 15.2 Å². The molecule has 0 aromatic carbocycles. The molecule has 1 aliphatic heterocycles. The van der Waals surface area contributed by atoms with Gasteiger partial charge in [-0.3, -0.25) is 14.5 Å². The van der Waals surface area contributed by atoms with Crippen LogP contribution in [0.15, 0.2) is 16.9 Å². The molecule has 1 aliphatic carbocycles. The highest BCUT2D eigenvalue weighted by atomic mass is 16.5. The van der Waals surface area contributed by atoms with Gasteiger partial charge in [0.05, 0.1) is 19.3 Å². The minimum Gasteiger partial charge on any atom is -0.379 e. The second-order valence-corrected chi connectivity index (χ2v) is 6.88. The van der Waals surface area contributed by atoms with E-state index in [0.717, 1.165) is 31.6 Å². The quantitative estimate of drug-likeness (QED) is 0.789. The van der Waals surface area contributed by atoms with E-state index in [1.807, 2.05) is 6.92 Å². The van der Waals surface area contributed by atoms with E-state index in [-0.39, 0.29) is 28.7 Å². The van der Waals surface area contributed by atoms with Gasteiger partial charge in [0, 0.05) is 37.5 Å². The lowest BCUT2D eigenvalue weighted by Gasteiger charge is -2.55. The monoisotopic (exact) mass is 349 g/mol. The summed E-state index contributed by atoms with van der Waals surface area (Å²) in [6, 6.07) is 3.32. The van der Waals surface area contributed by atoms with Gasteiger partial charge in [0.15, 0.2) is 0 Å². The summed E-state index contributed by atoms with van der Waals surface area (Å²) in [7, 11) is 0. The van der Waals surface area contributed by atoms with Crippen LogP contribution in [-0.2, 0) is 9.47 Å². The van der Waals surface area contributed by atoms with Gasteiger partial charge in [0.1, 0.15) is 5.56 Å². The first-order valence-electron chi connectivity index (χ1n) is 8.96. The van der Waals surface area contributed by atoms with Gasteiger partial charge in [-0.05, 0) is 38.8 Å². The molecule has 3 rings (SSSR count). The number of nitrogens with zero attached hydrogens (tertiary/aromatic N) is 1. The van der Waals surface area contributed by atoms with Crippen LogP contribution in [-0.4, -0.2) is 66.9 Å². The van der Waals surface area contributed by atoms with Gasteiger partial charge in [-0.15, -0.1) is 0 Å². The first-order chi connectivity index (χ1) is 12.0. The second-order valence-electron chi connectivity index (χ2n) is 6.88. The topological polar surface area (TPSA) is 83.7 Å². The van der Waals surface area contributed by atoms with E-state index >= 15 is 0 Å². The molecule has 2 aliphatic rings. The van der Waals surface area contributed by atoms with Crippen molar-refractivity contribution in [2.75, 3.05) is 39.5 Å². The van der Waals surface area contributed by atoms with Crippen molar-refractivity contribution in [3.63, 3.8) is 0 Å². The van der Waals surface area contributed by atoms with E-state index < -0.39 is 0 Å². The number of nitrogens with one attached hydrogen (secondary N) is 2. The average Bonchev–Trinajstić information content (AvgIpc) is 2.57. The molecule has 1 aromatic rings. The molecule has 1 amide bonds. The maximum Gasteiger partial charge on any atom is 0.260 e. The van der Waals surface area contributed by atoms with E-state index in [1.54, 1.807) is 19.1 Å². The smallest absolute Gasteiger partial charge is 0.260 e. The molecule has 1 saturated carbocycles. The summed E-state index contributed by atoms with van der Waals surface area (Å²) >= 11 is 0. The highest BCUT2D eigenvalue weighted by molar-refractivity contribution is 5.93. The van der Waals surface area contributed by atoms with Gasteiger partial charge in [-0.1, -0.05) is 0 Å². The third-order valence-electron chi connectivity index (χ3n) is 5.18. The highest BCUT2D eigenvalue weighted by Crippen LogP contribution is 2.39. The Hall–Kier alpha value is -1.70. The van der Waals surface area contributed by atoms with Crippen LogP contribution in [0.4, 0.5) is 0 Å². The number of carbonyl (C=O) groups excluding carboxylic acids is 1. The largest absolute Gasteiger partial charge is 0.379 e. The van der Waals surface area contributed by atoms with E-state index in [9.17, 15) is 9.59 Å². The fourth-order valence-corrected chi connectivity index (χ4v) is 3.78. The Bertz CT molecular complexity index is 661. The van der Waals surface area contributed by atoms with Crippen molar-refractivity contribution in [2.24, 2.45) is 0 Å². The third kappa shape index (κ3) is 3.94. The zero-order valence-electron chi connectivity index (χ0n) is 15.0. The van der Waals surface area contributed by atoms with Crippen LogP contribution in [0.3, 0.4) is 0 Å². The zero-order valence-corrected chi connectivity index (χ0v) is 15.0. The number of aromatic amines is 1. The van der Waals surface area contributed by atoms with Crippen LogP contribution in [0.1, 0.15) is 35.8 Å². The number of aromatic nitrogens is 1. The molecule has 1 saturated heterocycles. The van der Waals surface area contributed by atoms with Crippen LogP contribution in [0.2, 0.25) is 0 Å². The van der Waals surface area contributed by atoms with Gasteiger partial charge in [-0.25, -0.2) is 0 Å². The van der Waals surface area contributed by atoms with Gasteiger partial charge in [0.25, 0.3) is 11.5 Å². The summed E-state index contributed by atoms with van der Waals surface area (Å²) in [5.74, 6) is -0.325. The Labute approximate surface area is 147 Å². The fraction of sp³-hybridized carbons (Fsp3) is 0.667. The molecule has 138 valence electrons. The molecular formula is C18H27N3O4. The van der Waals surface area contributed by atoms with Crippen LogP contribution in [0, 0.1) is 6.92 Å². The van der Waals surface area contributed by atoms with Gasteiger partial charge in [-0.2, -0.15) is 0 Å². The van der Waals surface area contributed by atoms with E-state index in [1.165, 1.54) is 0 Å². The molecule has 7 nitrogen and oxygen atoms in total.